The Bertz CT molecular complexity index is 461. The van der Waals surface area contributed by atoms with Gasteiger partial charge < -0.3 is 9.47 Å². The van der Waals surface area contributed by atoms with Crippen LogP contribution >= 0.6 is 0 Å². The van der Waals surface area contributed by atoms with E-state index >= 15 is 0 Å². The number of hydrogen-bond donors (Lipinski definition) is 1. The normalized spacial score (nSPS) is 18.5. The molecule has 15 heavy (non-hydrogen) atoms. The third kappa shape index (κ3) is 1.88. The van der Waals surface area contributed by atoms with Gasteiger partial charge in [0.25, 0.3) is 10.0 Å². The molecule has 0 radical (unpaired) electrons. The summed E-state index contributed by atoms with van der Waals surface area (Å²) in [4.78, 5) is 0. The van der Waals surface area contributed by atoms with Gasteiger partial charge in [0.1, 0.15) is 0 Å². The second kappa shape index (κ2) is 3.56. The third-order valence-corrected chi connectivity index (χ3v) is 3.10. The van der Waals surface area contributed by atoms with Gasteiger partial charge in [0.15, 0.2) is 11.3 Å². The summed E-state index contributed by atoms with van der Waals surface area (Å²) in [6, 6.07) is 0. The predicted molar refractivity (Wildman–Crippen MR) is 49.2 cm³/mol. The maximum absolute atomic E-state index is 11.3. The van der Waals surface area contributed by atoms with E-state index in [4.69, 9.17) is 14.6 Å². The number of sulfonamides is 1. The number of aromatic nitrogens is 2. The minimum absolute atomic E-state index is 0.0746. The maximum atomic E-state index is 11.3. The monoisotopic (exact) mass is 233 g/mol. The lowest BCUT2D eigenvalue weighted by atomic mass is 10.3. The van der Waals surface area contributed by atoms with Gasteiger partial charge in [0.2, 0.25) is 0 Å². The fourth-order valence-corrected chi connectivity index (χ4v) is 2.38. The van der Waals surface area contributed by atoms with Crippen molar-refractivity contribution in [1.29, 1.82) is 0 Å². The molecule has 2 rings (SSSR count). The van der Waals surface area contributed by atoms with Crippen LogP contribution in [-0.2, 0) is 26.5 Å². The highest BCUT2D eigenvalue weighted by Gasteiger charge is 2.29. The predicted octanol–water partition coefficient (Wildman–Crippen LogP) is -0.887. The van der Waals surface area contributed by atoms with Crippen LogP contribution in [0.3, 0.4) is 0 Å². The lowest BCUT2D eigenvalue weighted by molar-refractivity contribution is -0.0463. The van der Waals surface area contributed by atoms with Crippen LogP contribution in [0.1, 0.15) is 11.9 Å². The zero-order chi connectivity index (χ0) is 11.1. The number of primary sulfonamides is 1. The van der Waals surface area contributed by atoms with Gasteiger partial charge in [-0.3, -0.25) is 4.68 Å². The molecule has 0 amide bonds. The van der Waals surface area contributed by atoms with Crippen molar-refractivity contribution in [3.8, 4) is 0 Å². The summed E-state index contributed by atoms with van der Waals surface area (Å²) in [5, 5.41) is 8.82. The van der Waals surface area contributed by atoms with Crippen LogP contribution in [0, 0.1) is 0 Å². The van der Waals surface area contributed by atoms with Crippen LogP contribution in [0.25, 0.3) is 0 Å². The molecule has 0 saturated carbocycles. The molecule has 84 valence electrons. The zero-order valence-electron chi connectivity index (χ0n) is 8.08. The van der Waals surface area contributed by atoms with Gasteiger partial charge >= 0.3 is 0 Å². The first-order valence-electron chi connectivity index (χ1n) is 4.28. The van der Waals surface area contributed by atoms with Crippen LogP contribution in [0.5, 0.6) is 0 Å². The Morgan fingerprint density at radius 2 is 2.13 bits per heavy atom. The van der Waals surface area contributed by atoms with Gasteiger partial charge in [-0.15, -0.1) is 0 Å². The highest BCUT2D eigenvalue weighted by atomic mass is 32.2. The van der Waals surface area contributed by atoms with E-state index in [2.05, 4.69) is 5.10 Å². The summed E-state index contributed by atoms with van der Waals surface area (Å²) < 4.78 is 34.2. The molecule has 1 fully saturated rings. The van der Waals surface area contributed by atoms with Crippen molar-refractivity contribution in [3.63, 3.8) is 0 Å². The largest absolute Gasteiger partial charge is 0.346 e. The fourth-order valence-electron chi connectivity index (χ4n) is 1.49. The summed E-state index contributed by atoms with van der Waals surface area (Å²) >= 11 is 0. The Labute approximate surface area is 86.8 Å². The molecule has 7 nitrogen and oxygen atoms in total. The van der Waals surface area contributed by atoms with Crippen LogP contribution in [0.2, 0.25) is 0 Å². The minimum atomic E-state index is -3.82. The summed E-state index contributed by atoms with van der Waals surface area (Å²) in [5.41, 5.74) is 0.345. The molecule has 1 aliphatic heterocycles. The fraction of sp³-hybridized carbons (Fsp3) is 0.571. The molecule has 2 N–H and O–H groups in total. The molecular formula is C7H11N3O4S. The van der Waals surface area contributed by atoms with E-state index in [1.807, 2.05) is 0 Å². The summed E-state index contributed by atoms with van der Waals surface area (Å²) in [7, 11) is -2.32. The van der Waals surface area contributed by atoms with Crippen LogP contribution in [-0.4, -0.2) is 31.4 Å². The lowest BCUT2D eigenvalue weighted by Crippen LogP contribution is -2.19. The topological polar surface area (TPSA) is 96.4 Å². The van der Waals surface area contributed by atoms with Crippen LogP contribution < -0.4 is 5.14 Å². The van der Waals surface area contributed by atoms with E-state index in [1.165, 1.54) is 17.9 Å². The van der Waals surface area contributed by atoms with Crippen molar-refractivity contribution in [2.45, 2.75) is 11.3 Å². The Balaban J connectivity index is 2.48. The van der Waals surface area contributed by atoms with Gasteiger partial charge in [0.05, 0.1) is 25.0 Å². The first-order chi connectivity index (χ1) is 7.00. The number of ether oxygens (including phenoxy) is 2. The Kier molecular flexibility index (Phi) is 2.51. The molecular weight excluding hydrogens is 222 g/mol. The molecule has 0 aromatic carbocycles. The van der Waals surface area contributed by atoms with E-state index in [1.54, 1.807) is 0 Å². The van der Waals surface area contributed by atoms with Crippen LogP contribution in [0.15, 0.2) is 11.2 Å². The number of aryl methyl sites for hydroxylation is 1. The molecule has 0 unspecified atom stereocenters. The maximum Gasteiger partial charge on any atom is 0.255 e. The standard InChI is InChI=1S/C7H11N3O4S/c1-10-6(15(8,11)12)5(4-9-10)7-13-2-3-14-7/h4,7H,2-3H2,1H3,(H2,8,11,12). The van der Waals surface area contributed by atoms with Gasteiger partial charge in [-0.1, -0.05) is 0 Å². The van der Waals surface area contributed by atoms with Crippen molar-refractivity contribution < 1.29 is 17.9 Å². The van der Waals surface area contributed by atoms with Crippen LogP contribution in [0.4, 0.5) is 0 Å². The molecule has 1 aromatic rings. The SMILES string of the molecule is Cn1ncc(C2OCCO2)c1S(N)(=O)=O. The van der Waals surface area contributed by atoms with E-state index in [-0.39, 0.29) is 5.03 Å². The third-order valence-electron chi connectivity index (χ3n) is 2.06. The molecule has 1 aliphatic rings. The molecule has 0 atom stereocenters. The summed E-state index contributed by atoms with van der Waals surface area (Å²) in [5.74, 6) is 0. The Hall–Kier alpha value is -0.960. The zero-order valence-corrected chi connectivity index (χ0v) is 8.90. The van der Waals surface area contributed by atoms with Crippen molar-refractivity contribution in [1.82, 2.24) is 9.78 Å². The Morgan fingerprint density at radius 3 is 2.67 bits per heavy atom. The molecule has 1 aromatic heterocycles. The van der Waals surface area contributed by atoms with E-state index in [0.717, 1.165) is 0 Å². The number of nitrogens with two attached hydrogens (primary N) is 1. The first kappa shape index (κ1) is 10.6. The van der Waals surface area contributed by atoms with Gasteiger partial charge in [-0.05, 0) is 0 Å². The number of nitrogens with zero attached hydrogens (tertiary/aromatic N) is 2. The van der Waals surface area contributed by atoms with Crippen molar-refractivity contribution >= 4 is 10.0 Å². The number of rotatable bonds is 2. The Morgan fingerprint density at radius 1 is 1.53 bits per heavy atom. The highest BCUT2D eigenvalue weighted by Crippen LogP contribution is 2.27. The molecule has 8 heteroatoms. The second-order valence-corrected chi connectivity index (χ2v) is 4.62. The smallest absolute Gasteiger partial charge is 0.255 e. The molecule has 1 saturated heterocycles. The average molecular weight is 233 g/mol. The number of hydrogen-bond acceptors (Lipinski definition) is 5. The van der Waals surface area contributed by atoms with Gasteiger partial charge in [-0.25, -0.2) is 13.6 Å². The lowest BCUT2D eigenvalue weighted by Gasteiger charge is -2.08. The highest BCUT2D eigenvalue weighted by molar-refractivity contribution is 7.89. The molecule has 2 heterocycles. The molecule has 0 bridgehead atoms. The quantitative estimate of drug-likeness (QED) is 0.715. The van der Waals surface area contributed by atoms with E-state index in [9.17, 15) is 8.42 Å². The summed E-state index contributed by atoms with van der Waals surface area (Å²) in [6.45, 7) is 0.868. The first-order valence-corrected chi connectivity index (χ1v) is 5.82. The second-order valence-electron chi connectivity index (χ2n) is 3.15. The molecule has 0 aliphatic carbocycles. The van der Waals surface area contributed by atoms with Gasteiger partial charge in [-0.2, -0.15) is 5.10 Å². The minimum Gasteiger partial charge on any atom is -0.346 e. The van der Waals surface area contributed by atoms with E-state index in [0.29, 0.717) is 18.8 Å². The van der Waals surface area contributed by atoms with Gasteiger partial charge in [0, 0.05) is 7.05 Å². The van der Waals surface area contributed by atoms with Crippen molar-refractivity contribution in [2.75, 3.05) is 13.2 Å². The summed E-state index contributed by atoms with van der Waals surface area (Å²) in [6.07, 6.45) is 0.697. The molecule has 0 spiro atoms. The average Bonchev–Trinajstić information content (AvgIpc) is 2.68. The van der Waals surface area contributed by atoms with Crippen molar-refractivity contribution in [2.24, 2.45) is 12.2 Å². The van der Waals surface area contributed by atoms with Crippen molar-refractivity contribution in [3.05, 3.63) is 11.8 Å². The van der Waals surface area contributed by atoms with E-state index < -0.39 is 16.3 Å².